The van der Waals surface area contributed by atoms with Gasteiger partial charge in [0.15, 0.2) is 0 Å². The summed E-state index contributed by atoms with van der Waals surface area (Å²) in [5.74, 6) is 2.25. The highest BCUT2D eigenvalue weighted by molar-refractivity contribution is 4.90. The average molecular weight is 700 g/mol. The molecule has 0 spiro atoms. The molecule has 0 bridgehead atoms. The van der Waals surface area contributed by atoms with E-state index in [1.165, 1.54) is 250 Å². The fourth-order valence-electron chi connectivity index (χ4n) is 8.37. The van der Waals surface area contributed by atoms with Crippen molar-refractivity contribution in [3.8, 4) is 0 Å². The second-order valence-corrected chi connectivity index (χ2v) is 16.8. The molecule has 1 heterocycles. The smallest absolute Gasteiger partial charge is 0.247 e. The summed E-state index contributed by atoms with van der Waals surface area (Å²) in [6, 6.07) is 0.617. The van der Waals surface area contributed by atoms with Crippen LogP contribution >= 0.6 is 0 Å². The summed E-state index contributed by atoms with van der Waals surface area (Å²) in [5.41, 5.74) is 0. The Kier molecular flexibility index (Phi) is 35.8. The molecule has 0 aliphatic heterocycles. The van der Waals surface area contributed by atoms with E-state index >= 15 is 0 Å². The lowest BCUT2D eigenvalue weighted by atomic mass is 9.92. The first-order valence-corrected chi connectivity index (χ1v) is 23.8. The van der Waals surface area contributed by atoms with Crippen molar-refractivity contribution in [1.82, 2.24) is 4.98 Å². The van der Waals surface area contributed by atoms with Gasteiger partial charge in [-0.25, -0.2) is 9.55 Å². The molecule has 0 saturated carbocycles. The van der Waals surface area contributed by atoms with Crippen LogP contribution in [0.3, 0.4) is 0 Å². The Morgan fingerprint density at radius 2 is 0.640 bits per heavy atom. The first-order valence-electron chi connectivity index (χ1n) is 23.8. The van der Waals surface area contributed by atoms with Crippen molar-refractivity contribution in [2.24, 2.45) is 0 Å². The van der Waals surface area contributed by atoms with Gasteiger partial charge in [-0.05, 0) is 32.6 Å². The van der Waals surface area contributed by atoms with E-state index in [-0.39, 0.29) is 0 Å². The molecule has 0 aliphatic carbocycles. The van der Waals surface area contributed by atoms with Crippen molar-refractivity contribution < 1.29 is 4.57 Å². The molecule has 2 heteroatoms. The Bertz CT molecular complexity index is 768. The predicted molar refractivity (Wildman–Crippen MR) is 226 cm³/mol. The summed E-state index contributed by atoms with van der Waals surface area (Å²) in [6.45, 7) is 9.44. The number of H-pyrrole nitrogens is 1. The van der Waals surface area contributed by atoms with E-state index < -0.39 is 0 Å². The Hall–Kier alpha value is -0.790. The van der Waals surface area contributed by atoms with Crippen molar-refractivity contribution in [3.05, 3.63) is 18.2 Å². The van der Waals surface area contributed by atoms with Crippen molar-refractivity contribution in [2.45, 2.75) is 290 Å². The zero-order valence-electron chi connectivity index (χ0n) is 35.3. The zero-order chi connectivity index (χ0) is 36.0. The molecule has 0 fully saturated rings. The van der Waals surface area contributed by atoms with E-state index in [0.717, 1.165) is 0 Å². The summed E-state index contributed by atoms with van der Waals surface area (Å²) in [4.78, 5) is 3.77. The van der Waals surface area contributed by atoms with Gasteiger partial charge in [-0.1, -0.05) is 245 Å². The van der Waals surface area contributed by atoms with Gasteiger partial charge in [0.05, 0.1) is 12.0 Å². The summed E-state index contributed by atoms with van der Waals surface area (Å²) >= 11 is 0. The zero-order valence-corrected chi connectivity index (χ0v) is 35.3. The van der Waals surface area contributed by atoms with E-state index in [9.17, 15) is 0 Å². The molecule has 1 aromatic heterocycles. The maximum Gasteiger partial charge on any atom is 0.257 e. The van der Waals surface area contributed by atoms with E-state index in [1.807, 2.05) is 0 Å². The van der Waals surface area contributed by atoms with Gasteiger partial charge in [0.1, 0.15) is 12.4 Å². The summed E-state index contributed by atoms with van der Waals surface area (Å²) in [7, 11) is 0. The third-order valence-electron chi connectivity index (χ3n) is 11.9. The number of nitrogens with one attached hydrogen (secondary N) is 1. The lowest BCUT2D eigenvalue weighted by Crippen LogP contribution is -2.41. The molecule has 1 aromatic rings. The summed E-state index contributed by atoms with van der Waals surface area (Å²) in [5, 5.41) is 0. The number of rotatable bonds is 41. The first-order chi connectivity index (χ1) is 24.7. The topological polar surface area (TPSA) is 19.7 Å². The number of aromatic amines is 1. The number of hydrogen-bond acceptors (Lipinski definition) is 0. The molecule has 2 atom stereocenters. The highest BCUT2D eigenvalue weighted by atomic mass is 15.1. The molecule has 0 saturated heterocycles. The molecular formula is C48H95N2+. The fourth-order valence-corrected chi connectivity index (χ4v) is 8.37. The maximum absolute atomic E-state index is 3.77. The van der Waals surface area contributed by atoms with Crippen molar-refractivity contribution >= 4 is 0 Å². The highest BCUT2D eigenvalue weighted by Crippen LogP contribution is 2.27. The van der Waals surface area contributed by atoms with Crippen LogP contribution in [-0.2, 0) is 0 Å². The second kappa shape index (κ2) is 38.0. The van der Waals surface area contributed by atoms with Crippen molar-refractivity contribution in [1.29, 1.82) is 0 Å². The normalized spacial score (nSPS) is 13.0. The van der Waals surface area contributed by atoms with Gasteiger partial charge in [-0.3, -0.25) is 0 Å². The minimum absolute atomic E-state index is 0.617. The molecule has 0 radical (unpaired) electrons. The molecule has 296 valence electrons. The van der Waals surface area contributed by atoms with Gasteiger partial charge < -0.3 is 0 Å². The lowest BCUT2D eigenvalue weighted by molar-refractivity contribution is -0.727. The molecule has 2 nitrogen and oxygen atoms in total. The van der Waals surface area contributed by atoms with Crippen LogP contribution in [0, 0.1) is 0 Å². The number of unbranched alkanes of at least 4 members (excludes halogenated alkanes) is 33. The molecule has 2 unspecified atom stereocenters. The van der Waals surface area contributed by atoms with Gasteiger partial charge >= 0.3 is 0 Å². The minimum Gasteiger partial charge on any atom is -0.247 e. The van der Waals surface area contributed by atoms with E-state index in [2.05, 4.69) is 49.6 Å². The molecule has 1 N–H and O–H groups in total. The number of imidazole rings is 1. The second-order valence-electron chi connectivity index (χ2n) is 16.8. The average Bonchev–Trinajstić information content (AvgIpc) is 3.62. The maximum atomic E-state index is 3.77. The molecule has 0 aromatic carbocycles. The van der Waals surface area contributed by atoms with Crippen LogP contribution < -0.4 is 4.57 Å². The molecule has 0 aliphatic rings. The molecule has 50 heavy (non-hydrogen) atoms. The Morgan fingerprint density at radius 3 is 0.940 bits per heavy atom. The first kappa shape index (κ1) is 47.2. The van der Waals surface area contributed by atoms with Crippen LogP contribution in [0.25, 0.3) is 0 Å². The van der Waals surface area contributed by atoms with Crippen LogP contribution in [0.15, 0.2) is 12.4 Å². The van der Waals surface area contributed by atoms with Crippen LogP contribution in [0.2, 0.25) is 0 Å². The third-order valence-corrected chi connectivity index (χ3v) is 11.9. The third kappa shape index (κ3) is 28.8. The largest absolute Gasteiger partial charge is 0.257 e. The molecule has 0 amide bonds. The summed E-state index contributed by atoms with van der Waals surface area (Å²) in [6.07, 6.45) is 60.6. The van der Waals surface area contributed by atoms with Gasteiger partial charge in [-0.2, -0.15) is 0 Å². The number of aromatic nitrogens is 2. The van der Waals surface area contributed by atoms with Gasteiger partial charge in [0.2, 0.25) is 0 Å². The number of hydrogen-bond donors (Lipinski definition) is 1. The van der Waals surface area contributed by atoms with Gasteiger partial charge in [-0.15, -0.1) is 0 Å². The Balaban J connectivity index is 2.29. The van der Waals surface area contributed by atoms with E-state index in [1.54, 1.807) is 5.82 Å². The number of nitrogens with zero attached hydrogens (tertiary/aromatic N) is 1. The quantitative estimate of drug-likeness (QED) is 0.0518. The van der Waals surface area contributed by atoms with E-state index in [4.69, 9.17) is 0 Å². The highest BCUT2D eigenvalue weighted by Gasteiger charge is 2.25. The minimum atomic E-state index is 0.617. The molecular weight excluding hydrogens is 605 g/mol. The standard InChI is InChI=1S/C48H94N2/c1-5-8-11-14-17-19-21-23-25-26-28-30-33-35-38-41-46(4)50-45-44-49-48(50)47(42-39-36-32-16-13-10-7-3)43-40-37-34-31-29-27-24-22-20-18-15-12-9-6-2/h44-47H,5-43H2,1-4H3/p+1. The lowest BCUT2D eigenvalue weighted by Gasteiger charge is -2.17. The predicted octanol–water partition coefficient (Wildman–Crippen LogP) is 17.2. The van der Waals surface area contributed by atoms with E-state index in [0.29, 0.717) is 12.0 Å². The summed E-state index contributed by atoms with van der Waals surface area (Å²) < 4.78 is 2.65. The van der Waals surface area contributed by atoms with Crippen molar-refractivity contribution in [2.75, 3.05) is 0 Å². The SMILES string of the molecule is CCCCCCCCCCCCCCCCCC(C)[n+]1cc[nH]c1C(CCCCCCCCC)CCCCCCCCCCCCCCCC. The monoisotopic (exact) mass is 700 g/mol. The van der Waals surface area contributed by atoms with Gasteiger partial charge in [0.25, 0.3) is 5.82 Å². The Labute approximate surface area is 316 Å². The van der Waals surface area contributed by atoms with Crippen LogP contribution in [0.4, 0.5) is 0 Å². The Morgan fingerprint density at radius 1 is 0.380 bits per heavy atom. The molecule has 1 rings (SSSR count). The van der Waals surface area contributed by atoms with Crippen LogP contribution in [0.1, 0.15) is 296 Å². The van der Waals surface area contributed by atoms with Crippen molar-refractivity contribution in [3.63, 3.8) is 0 Å². The van der Waals surface area contributed by atoms with Crippen LogP contribution in [-0.4, -0.2) is 4.98 Å². The van der Waals surface area contributed by atoms with Crippen LogP contribution in [0.5, 0.6) is 0 Å². The van der Waals surface area contributed by atoms with Gasteiger partial charge in [0, 0.05) is 0 Å². The fraction of sp³-hybridized carbons (Fsp3) is 0.938.